The highest BCUT2D eigenvalue weighted by Crippen LogP contribution is 2.28. The SMILES string of the molecule is Cc1ccc(Nc2ccc(C)cc2C#N)c(Cl)c1. The van der Waals surface area contributed by atoms with Gasteiger partial charge in [0.25, 0.3) is 0 Å². The molecule has 0 aliphatic rings. The molecule has 2 aromatic carbocycles. The van der Waals surface area contributed by atoms with Crippen LogP contribution in [-0.2, 0) is 0 Å². The third-order valence-corrected chi connectivity index (χ3v) is 3.00. The van der Waals surface area contributed by atoms with Crippen molar-refractivity contribution in [3.8, 4) is 6.07 Å². The van der Waals surface area contributed by atoms with E-state index in [0.29, 0.717) is 10.6 Å². The number of nitriles is 1. The molecule has 0 saturated heterocycles. The molecule has 0 aliphatic heterocycles. The van der Waals surface area contributed by atoms with Crippen LogP contribution in [0.3, 0.4) is 0 Å². The molecule has 1 N–H and O–H groups in total. The first-order valence-corrected chi connectivity index (χ1v) is 6.02. The van der Waals surface area contributed by atoms with Gasteiger partial charge in [0.2, 0.25) is 0 Å². The largest absolute Gasteiger partial charge is 0.353 e. The Morgan fingerprint density at radius 2 is 1.61 bits per heavy atom. The molecule has 0 unspecified atom stereocenters. The highest BCUT2D eigenvalue weighted by molar-refractivity contribution is 6.33. The van der Waals surface area contributed by atoms with E-state index in [1.165, 1.54) is 0 Å². The van der Waals surface area contributed by atoms with Gasteiger partial charge in [0.1, 0.15) is 6.07 Å². The first-order chi connectivity index (χ1) is 8.60. The second-order valence-electron chi connectivity index (χ2n) is 4.27. The van der Waals surface area contributed by atoms with Gasteiger partial charge in [-0.3, -0.25) is 0 Å². The van der Waals surface area contributed by atoms with Crippen LogP contribution in [0.4, 0.5) is 11.4 Å². The number of halogens is 1. The van der Waals surface area contributed by atoms with E-state index >= 15 is 0 Å². The quantitative estimate of drug-likeness (QED) is 0.854. The highest BCUT2D eigenvalue weighted by Gasteiger charge is 2.05. The van der Waals surface area contributed by atoms with E-state index in [4.69, 9.17) is 16.9 Å². The monoisotopic (exact) mass is 256 g/mol. The van der Waals surface area contributed by atoms with Crippen LogP contribution in [0.2, 0.25) is 5.02 Å². The van der Waals surface area contributed by atoms with E-state index in [1.54, 1.807) is 0 Å². The molecule has 0 radical (unpaired) electrons. The predicted molar refractivity (Wildman–Crippen MR) is 75.4 cm³/mol. The molecule has 0 atom stereocenters. The zero-order valence-corrected chi connectivity index (χ0v) is 11.0. The summed E-state index contributed by atoms with van der Waals surface area (Å²) >= 11 is 6.16. The molecule has 0 aromatic heterocycles. The van der Waals surface area contributed by atoms with Gasteiger partial charge in [-0.05, 0) is 49.2 Å². The summed E-state index contributed by atoms with van der Waals surface area (Å²) in [5.41, 5.74) is 4.37. The Bertz CT molecular complexity index is 627. The van der Waals surface area contributed by atoms with Crippen molar-refractivity contribution in [1.29, 1.82) is 5.26 Å². The van der Waals surface area contributed by atoms with E-state index in [1.807, 2.05) is 50.2 Å². The van der Waals surface area contributed by atoms with Crippen molar-refractivity contribution < 1.29 is 0 Å². The van der Waals surface area contributed by atoms with Gasteiger partial charge in [0.15, 0.2) is 0 Å². The molecule has 3 heteroatoms. The summed E-state index contributed by atoms with van der Waals surface area (Å²) in [4.78, 5) is 0. The Balaban J connectivity index is 2.37. The van der Waals surface area contributed by atoms with Crippen LogP contribution >= 0.6 is 11.6 Å². The van der Waals surface area contributed by atoms with Crippen LogP contribution in [0.25, 0.3) is 0 Å². The zero-order valence-electron chi connectivity index (χ0n) is 10.3. The Morgan fingerprint density at radius 1 is 1.00 bits per heavy atom. The molecule has 0 fully saturated rings. The minimum atomic E-state index is 0.617. The lowest BCUT2D eigenvalue weighted by Crippen LogP contribution is -1.95. The Kier molecular flexibility index (Phi) is 3.55. The van der Waals surface area contributed by atoms with E-state index < -0.39 is 0 Å². The lowest BCUT2D eigenvalue weighted by molar-refractivity contribution is 1.40. The van der Waals surface area contributed by atoms with Crippen molar-refractivity contribution in [1.82, 2.24) is 0 Å². The Labute approximate surface area is 112 Å². The summed E-state index contributed by atoms with van der Waals surface area (Å²) in [7, 11) is 0. The maximum atomic E-state index is 9.11. The van der Waals surface area contributed by atoms with E-state index in [9.17, 15) is 0 Å². The van der Waals surface area contributed by atoms with Gasteiger partial charge in [-0.15, -0.1) is 0 Å². The summed E-state index contributed by atoms with van der Waals surface area (Å²) in [6, 6.07) is 13.7. The van der Waals surface area contributed by atoms with Crippen molar-refractivity contribution >= 4 is 23.0 Å². The van der Waals surface area contributed by atoms with Crippen molar-refractivity contribution in [2.75, 3.05) is 5.32 Å². The van der Waals surface area contributed by atoms with Gasteiger partial charge in [-0.2, -0.15) is 5.26 Å². The first kappa shape index (κ1) is 12.5. The number of aryl methyl sites for hydroxylation is 2. The molecule has 2 rings (SSSR count). The summed E-state index contributed by atoms with van der Waals surface area (Å²) < 4.78 is 0. The highest BCUT2D eigenvalue weighted by atomic mass is 35.5. The molecule has 0 spiro atoms. The topological polar surface area (TPSA) is 35.8 Å². The summed E-state index contributed by atoms with van der Waals surface area (Å²) in [6.45, 7) is 3.95. The first-order valence-electron chi connectivity index (χ1n) is 5.64. The number of hydrogen-bond acceptors (Lipinski definition) is 2. The number of nitrogens with zero attached hydrogens (tertiary/aromatic N) is 1. The van der Waals surface area contributed by atoms with Crippen molar-refractivity contribution in [3.05, 3.63) is 58.1 Å². The fourth-order valence-electron chi connectivity index (χ4n) is 1.73. The average Bonchev–Trinajstić information content (AvgIpc) is 2.34. The maximum Gasteiger partial charge on any atom is 0.101 e. The third kappa shape index (κ3) is 2.64. The van der Waals surface area contributed by atoms with Gasteiger partial charge in [0, 0.05) is 0 Å². The molecule has 0 bridgehead atoms. The van der Waals surface area contributed by atoms with Gasteiger partial charge in [0.05, 0.1) is 22.0 Å². The van der Waals surface area contributed by atoms with Gasteiger partial charge in [-0.1, -0.05) is 23.7 Å². The van der Waals surface area contributed by atoms with E-state index in [-0.39, 0.29) is 0 Å². The fourth-order valence-corrected chi connectivity index (χ4v) is 2.01. The molecule has 2 aromatic rings. The molecule has 2 nitrogen and oxygen atoms in total. The number of hydrogen-bond donors (Lipinski definition) is 1. The summed E-state index contributed by atoms with van der Waals surface area (Å²) in [5, 5.41) is 13.0. The lowest BCUT2D eigenvalue weighted by Gasteiger charge is -2.11. The molecule has 0 amide bonds. The van der Waals surface area contributed by atoms with Crippen LogP contribution in [-0.4, -0.2) is 0 Å². The van der Waals surface area contributed by atoms with Crippen molar-refractivity contribution in [3.63, 3.8) is 0 Å². The third-order valence-electron chi connectivity index (χ3n) is 2.69. The van der Waals surface area contributed by atoms with Gasteiger partial charge < -0.3 is 5.32 Å². The van der Waals surface area contributed by atoms with Crippen LogP contribution in [0.1, 0.15) is 16.7 Å². The summed E-state index contributed by atoms with van der Waals surface area (Å²) in [6.07, 6.45) is 0. The normalized spacial score (nSPS) is 9.89. The number of nitrogens with one attached hydrogen (secondary N) is 1. The smallest absolute Gasteiger partial charge is 0.101 e. The lowest BCUT2D eigenvalue weighted by atomic mass is 10.1. The molecule has 0 saturated carbocycles. The minimum absolute atomic E-state index is 0.617. The number of rotatable bonds is 2. The minimum Gasteiger partial charge on any atom is -0.353 e. The van der Waals surface area contributed by atoms with Crippen molar-refractivity contribution in [2.24, 2.45) is 0 Å². The zero-order chi connectivity index (χ0) is 13.1. The molecular weight excluding hydrogens is 244 g/mol. The molecule has 0 aliphatic carbocycles. The predicted octanol–water partition coefficient (Wildman–Crippen LogP) is 4.57. The average molecular weight is 257 g/mol. The van der Waals surface area contributed by atoms with E-state index in [2.05, 4.69) is 11.4 Å². The van der Waals surface area contributed by atoms with Crippen LogP contribution in [0, 0.1) is 25.2 Å². The van der Waals surface area contributed by atoms with Gasteiger partial charge >= 0.3 is 0 Å². The van der Waals surface area contributed by atoms with Gasteiger partial charge in [-0.25, -0.2) is 0 Å². The van der Waals surface area contributed by atoms with Crippen LogP contribution in [0.5, 0.6) is 0 Å². The van der Waals surface area contributed by atoms with E-state index in [0.717, 1.165) is 22.5 Å². The Morgan fingerprint density at radius 3 is 2.22 bits per heavy atom. The van der Waals surface area contributed by atoms with Crippen LogP contribution in [0.15, 0.2) is 36.4 Å². The standard InChI is InChI=1S/C15H13ClN2/c1-10-3-5-14(12(7-10)9-17)18-15-6-4-11(2)8-13(15)16/h3-8,18H,1-2H3. The molecule has 90 valence electrons. The second-order valence-corrected chi connectivity index (χ2v) is 4.68. The molecule has 0 heterocycles. The number of benzene rings is 2. The Hall–Kier alpha value is -1.98. The van der Waals surface area contributed by atoms with Crippen molar-refractivity contribution in [2.45, 2.75) is 13.8 Å². The number of anilines is 2. The maximum absolute atomic E-state index is 9.11. The summed E-state index contributed by atoms with van der Waals surface area (Å²) in [5.74, 6) is 0. The molecular formula is C15H13ClN2. The second kappa shape index (κ2) is 5.12. The molecule has 18 heavy (non-hydrogen) atoms. The van der Waals surface area contributed by atoms with Crippen LogP contribution < -0.4 is 5.32 Å². The fraction of sp³-hybridized carbons (Fsp3) is 0.133.